The minimum absolute atomic E-state index is 0.256. The van der Waals surface area contributed by atoms with Crippen LogP contribution in [0.5, 0.6) is 5.75 Å². The lowest BCUT2D eigenvalue weighted by Gasteiger charge is -1.96. The Hall–Kier alpha value is -2.53. The number of aromatic hydroxyl groups is 1. The third-order valence-electron chi connectivity index (χ3n) is 2.38. The Balaban J connectivity index is 2.17. The molecular weight excluding hydrogens is 210 g/mol. The number of phenolic OH excluding ortho intramolecular Hbond substituents is 1. The number of hydrogen-bond acceptors (Lipinski definition) is 2. The minimum atomic E-state index is 0.256. The zero-order chi connectivity index (χ0) is 12.1. The predicted octanol–water partition coefficient (Wildman–Crippen LogP) is 3.43. The van der Waals surface area contributed by atoms with Gasteiger partial charge in [-0.3, -0.25) is 0 Å². The lowest BCUT2D eigenvalue weighted by Crippen LogP contribution is -1.75. The number of nitriles is 1. The second kappa shape index (κ2) is 5.00. The van der Waals surface area contributed by atoms with Gasteiger partial charge in [-0.25, -0.2) is 0 Å². The van der Waals surface area contributed by atoms with Crippen molar-refractivity contribution in [3.05, 3.63) is 65.2 Å². The van der Waals surface area contributed by atoms with Crippen molar-refractivity contribution in [3.63, 3.8) is 0 Å². The van der Waals surface area contributed by atoms with Crippen LogP contribution in [0.4, 0.5) is 0 Å². The summed E-state index contributed by atoms with van der Waals surface area (Å²) in [6.07, 6.45) is 3.86. The van der Waals surface area contributed by atoms with E-state index in [4.69, 9.17) is 5.26 Å². The summed E-state index contributed by atoms with van der Waals surface area (Å²) in [7, 11) is 0. The quantitative estimate of drug-likeness (QED) is 0.789. The molecule has 0 heterocycles. The summed E-state index contributed by atoms with van der Waals surface area (Å²) in [6, 6.07) is 16.5. The van der Waals surface area contributed by atoms with Gasteiger partial charge < -0.3 is 5.11 Å². The molecular formula is C15H11NO. The maximum absolute atomic E-state index is 9.31. The van der Waals surface area contributed by atoms with Crippen LogP contribution >= 0.6 is 0 Å². The third kappa shape index (κ3) is 2.96. The zero-order valence-corrected chi connectivity index (χ0v) is 9.17. The first kappa shape index (κ1) is 11.0. The van der Waals surface area contributed by atoms with E-state index in [0.717, 1.165) is 11.1 Å². The molecule has 0 aliphatic carbocycles. The smallest absolute Gasteiger partial charge is 0.116 e. The summed E-state index contributed by atoms with van der Waals surface area (Å²) in [5, 5.41) is 18.0. The molecule has 0 saturated heterocycles. The topological polar surface area (TPSA) is 44.0 Å². The van der Waals surface area contributed by atoms with Crippen LogP contribution in [0.1, 0.15) is 16.7 Å². The highest BCUT2D eigenvalue weighted by molar-refractivity contribution is 5.70. The first-order valence-electron chi connectivity index (χ1n) is 5.25. The maximum Gasteiger partial charge on any atom is 0.116 e. The van der Waals surface area contributed by atoms with Crippen molar-refractivity contribution in [3.8, 4) is 11.8 Å². The van der Waals surface area contributed by atoms with Gasteiger partial charge in [0.15, 0.2) is 0 Å². The summed E-state index contributed by atoms with van der Waals surface area (Å²) >= 11 is 0. The van der Waals surface area contributed by atoms with Crippen LogP contribution in [-0.2, 0) is 0 Å². The fourth-order valence-electron chi connectivity index (χ4n) is 1.49. The zero-order valence-electron chi connectivity index (χ0n) is 9.17. The summed E-state index contributed by atoms with van der Waals surface area (Å²) in [5.41, 5.74) is 2.61. The van der Waals surface area contributed by atoms with Gasteiger partial charge >= 0.3 is 0 Å². The summed E-state index contributed by atoms with van der Waals surface area (Å²) in [5.74, 6) is 0.256. The molecule has 0 spiro atoms. The second-order valence-corrected chi connectivity index (χ2v) is 3.66. The average Bonchev–Trinajstić information content (AvgIpc) is 2.37. The molecule has 0 aromatic heterocycles. The molecule has 0 aliphatic heterocycles. The number of hydrogen-bond donors (Lipinski definition) is 1. The van der Waals surface area contributed by atoms with E-state index in [1.807, 2.05) is 30.4 Å². The number of nitrogens with zero attached hydrogens (tertiary/aromatic N) is 1. The second-order valence-electron chi connectivity index (χ2n) is 3.66. The van der Waals surface area contributed by atoms with Crippen molar-refractivity contribution in [2.24, 2.45) is 0 Å². The summed E-state index contributed by atoms with van der Waals surface area (Å²) in [6.45, 7) is 0. The molecule has 82 valence electrons. The molecule has 0 saturated carbocycles. The molecule has 0 atom stereocenters. The van der Waals surface area contributed by atoms with Crippen molar-refractivity contribution in [2.45, 2.75) is 0 Å². The van der Waals surface area contributed by atoms with Gasteiger partial charge in [0.1, 0.15) is 5.75 Å². The minimum Gasteiger partial charge on any atom is -0.508 e. The number of phenols is 1. The van der Waals surface area contributed by atoms with Gasteiger partial charge in [-0.1, -0.05) is 36.4 Å². The molecule has 0 amide bonds. The lowest BCUT2D eigenvalue weighted by molar-refractivity contribution is 0.475. The molecule has 0 fully saturated rings. The van der Waals surface area contributed by atoms with Gasteiger partial charge in [0.2, 0.25) is 0 Å². The van der Waals surface area contributed by atoms with Crippen LogP contribution in [0, 0.1) is 11.3 Å². The Morgan fingerprint density at radius 3 is 2.29 bits per heavy atom. The Morgan fingerprint density at radius 2 is 1.65 bits per heavy atom. The molecule has 2 aromatic carbocycles. The Kier molecular flexibility index (Phi) is 3.23. The highest BCUT2D eigenvalue weighted by Crippen LogP contribution is 2.14. The fourth-order valence-corrected chi connectivity index (χ4v) is 1.49. The van der Waals surface area contributed by atoms with Crippen LogP contribution in [0.2, 0.25) is 0 Å². The van der Waals surface area contributed by atoms with E-state index in [9.17, 15) is 5.11 Å². The predicted molar refractivity (Wildman–Crippen MR) is 68.2 cm³/mol. The van der Waals surface area contributed by atoms with Crippen LogP contribution < -0.4 is 0 Å². The van der Waals surface area contributed by atoms with Gasteiger partial charge in [-0.05, 0) is 35.4 Å². The van der Waals surface area contributed by atoms with E-state index in [-0.39, 0.29) is 5.75 Å². The molecule has 17 heavy (non-hydrogen) atoms. The first-order chi connectivity index (χ1) is 8.28. The molecule has 0 radical (unpaired) electrons. The molecule has 2 heteroatoms. The van der Waals surface area contributed by atoms with E-state index in [1.54, 1.807) is 30.3 Å². The summed E-state index contributed by atoms with van der Waals surface area (Å²) < 4.78 is 0. The van der Waals surface area contributed by atoms with Crippen LogP contribution in [0.3, 0.4) is 0 Å². The molecule has 2 nitrogen and oxygen atoms in total. The van der Waals surface area contributed by atoms with Crippen LogP contribution in [0.15, 0.2) is 48.5 Å². The van der Waals surface area contributed by atoms with Crippen molar-refractivity contribution in [2.75, 3.05) is 0 Å². The Bertz CT molecular complexity index is 577. The van der Waals surface area contributed by atoms with E-state index in [1.165, 1.54) is 0 Å². The average molecular weight is 221 g/mol. The van der Waals surface area contributed by atoms with Crippen molar-refractivity contribution >= 4 is 12.2 Å². The molecule has 0 aliphatic rings. The van der Waals surface area contributed by atoms with Gasteiger partial charge in [-0.2, -0.15) is 5.26 Å². The van der Waals surface area contributed by atoms with E-state index in [0.29, 0.717) is 5.56 Å². The molecule has 2 aromatic rings. The van der Waals surface area contributed by atoms with Crippen LogP contribution in [0.25, 0.3) is 12.2 Å². The van der Waals surface area contributed by atoms with Crippen molar-refractivity contribution < 1.29 is 5.11 Å². The fraction of sp³-hybridized carbons (Fsp3) is 0. The van der Waals surface area contributed by atoms with Crippen molar-refractivity contribution in [1.29, 1.82) is 5.26 Å². The monoisotopic (exact) mass is 221 g/mol. The van der Waals surface area contributed by atoms with Gasteiger partial charge in [-0.15, -0.1) is 0 Å². The largest absolute Gasteiger partial charge is 0.508 e. The SMILES string of the molecule is N#Cc1ccc(/C=C/c2cccc(O)c2)cc1. The Morgan fingerprint density at radius 1 is 0.941 bits per heavy atom. The first-order valence-corrected chi connectivity index (χ1v) is 5.25. The molecule has 0 unspecified atom stereocenters. The van der Waals surface area contributed by atoms with E-state index < -0.39 is 0 Å². The van der Waals surface area contributed by atoms with Gasteiger partial charge in [0.05, 0.1) is 11.6 Å². The van der Waals surface area contributed by atoms with Gasteiger partial charge in [0.25, 0.3) is 0 Å². The number of rotatable bonds is 2. The number of benzene rings is 2. The third-order valence-corrected chi connectivity index (χ3v) is 2.38. The highest BCUT2D eigenvalue weighted by atomic mass is 16.3. The molecule has 2 rings (SSSR count). The molecule has 0 bridgehead atoms. The molecule has 1 N–H and O–H groups in total. The van der Waals surface area contributed by atoms with E-state index >= 15 is 0 Å². The maximum atomic E-state index is 9.31. The van der Waals surface area contributed by atoms with Crippen molar-refractivity contribution in [1.82, 2.24) is 0 Å². The summed E-state index contributed by atoms with van der Waals surface area (Å²) in [4.78, 5) is 0. The Labute approximate surface area is 100 Å². The van der Waals surface area contributed by atoms with E-state index in [2.05, 4.69) is 6.07 Å². The lowest BCUT2D eigenvalue weighted by atomic mass is 10.1. The van der Waals surface area contributed by atoms with Gasteiger partial charge in [0, 0.05) is 0 Å². The van der Waals surface area contributed by atoms with Crippen LogP contribution in [-0.4, -0.2) is 5.11 Å². The standard InChI is InChI=1S/C15H11NO/c16-11-14-8-5-12(6-9-14)4-7-13-2-1-3-15(17)10-13/h1-10,17H/b7-4+. The normalized spacial score (nSPS) is 10.3. The highest BCUT2D eigenvalue weighted by Gasteiger charge is 1.91.